The Morgan fingerprint density at radius 3 is 2.78 bits per heavy atom. The summed E-state index contributed by atoms with van der Waals surface area (Å²) in [5.41, 5.74) is 0. The molecule has 0 aromatic carbocycles. The van der Waals surface area contributed by atoms with Gasteiger partial charge in [0.15, 0.2) is 0 Å². The van der Waals surface area contributed by atoms with Gasteiger partial charge in [-0.25, -0.2) is 0 Å². The topological polar surface area (TPSA) is 32.3 Å². The number of terminal acetylenes is 1. The maximum absolute atomic E-state index is 8.83. The minimum Gasteiger partial charge on any atom is -0.393 e. The molecule has 0 bridgehead atoms. The van der Waals surface area contributed by atoms with E-state index in [9.17, 15) is 0 Å². The molecule has 0 aromatic heterocycles. The van der Waals surface area contributed by atoms with Crippen LogP contribution < -0.4 is 5.32 Å². The van der Waals surface area contributed by atoms with E-state index in [1.165, 1.54) is 0 Å². The highest BCUT2D eigenvalue weighted by Crippen LogP contribution is 2.18. The zero-order chi connectivity index (χ0) is 6.69. The van der Waals surface area contributed by atoms with Crippen LogP contribution >= 0.6 is 0 Å². The van der Waals surface area contributed by atoms with Gasteiger partial charge in [-0.3, -0.25) is 0 Å². The van der Waals surface area contributed by atoms with Crippen LogP contribution in [0.15, 0.2) is 0 Å². The van der Waals surface area contributed by atoms with Gasteiger partial charge in [0.2, 0.25) is 0 Å². The molecule has 0 heterocycles. The quantitative estimate of drug-likeness (QED) is 0.498. The Kier molecular flexibility index (Phi) is 2.10. The first-order valence-electron chi connectivity index (χ1n) is 3.18. The molecule has 0 atom stereocenters. The smallest absolute Gasteiger partial charge is 0.0575 e. The van der Waals surface area contributed by atoms with E-state index < -0.39 is 0 Å². The Morgan fingerprint density at radius 1 is 1.67 bits per heavy atom. The Hall–Kier alpha value is -0.520. The molecule has 0 saturated heterocycles. The van der Waals surface area contributed by atoms with Gasteiger partial charge < -0.3 is 10.4 Å². The first-order valence-corrected chi connectivity index (χ1v) is 3.18. The first kappa shape index (κ1) is 6.60. The van der Waals surface area contributed by atoms with Crippen molar-refractivity contribution in [3.8, 4) is 12.3 Å². The Bertz CT molecular complexity index is 121. The summed E-state index contributed by atoms with van der Waals surface area (Å²) in [6.45, 7) is 0.622. The molecule has 1 aliphatic rings. The van der Waals surface area contributed by atoms with E-state index >= 15 is 0 Å². The van der Waals surface area contributed by atoms with E-state index in [1.54, 1.807) is 0 Å². The third-order valence-electron chi connectivity index (χ3n) is 1.61. The minimum absolute atomic E-state index is 0.0831. The molecule has 0 amide bonds. The first-order chi connectivity index (χ1) is 4.33. The second kappa shape index (κ2) is 2.86. The van der Waals surface area contributed by atoms with Gasteiger partial charge in [-0.05, 0) is 12.8 Å². The molecule has 2 N–H and O–H groups in total. The van der Waals surface area contributed by atoms with Crippen LogP contribution in [0, 0.1) is 12.3 Å². The maximum atomic E-state index is 8.83. The van der Waals surface area contributed by atoms with Gasteiger partial charge in [-0.2, -0.15) is 0 Å². The lowest BCUT2D eigenvalue weighted by Gasteiger charge is -2.31. The molecular formula is C7H11NO. The fourth-order valence-corrected chi connectivity index (χ4v) is 0.958. The van der Waals surface area contributed by atoms with Crippen LogP contribution in [0.25, 0.3) is 0 Å². The highest BCUT2D eigenvalue weighted by atomic mass is 16.3. The third-order valence-corrected chi connectivity index (χ3v) is 1.61. The Morgan fingerprint density at radius 2 is 2.33 bits per heavy atom. The Balaban J connectivity index is 1.99. The molecule has 9 heavy (non-hydrogen) atoms. The van der Waals surface area contributed by atoms with Crippen molar-refractivity contribution in [3.63, 3.8) is 0 Å². The fraction of sp³-hybridized carbons (Fsp3) is 0.714. The van der Waals surface area contributed by atoms with Gasteiger partial charge in [-0.1, -0.05) is 5.92 Å². The molecule has 2 heteroatoms. The van der Waals surface area contributed by atoms with Gasteiger partial charge >= 0.3 is 0 Å². The van der Waals surface area contributed by atoms with Crippen molar-refractivity contribution in [3.05, 3.63) is 0 Å². The molecule has 2 nitrogen and oxygen atoms in total. The zero-order valence-electron chi connectivity index (χ0n) is 5.30. The van der Waals surface area contributed by atoms with E-state index in [0.717, 1.165) is 12.8 Å². The summed E-state index contributed by atoms with van der Waals surface area (Å²) in [4.78, 5) is 0. The molecule has 1 fully saturated rings. The molecule has 1 rings (SSSR count). The van der Waals surface area contributed by atoms with E-state index in [1.807, 2.05) is 0 Å². The minimum atomic E-state index is -0.0831. The van der Waals surface area contributed by atoms with Crippen LogP contribution in [0.3, 0.4) is 0 Å². The van der Waals surface area contributed by atoms with E-state index in [-0.39, 0.29) is 6.10 Å². The number of hydrogen-bond acceptors (Lipinski definition) is 2. The number of nitrogens with one attached hydrogen (secondary N) is 1. The van der Waals surface area contributed by atoms with Crippen molar-refractivity contribution in [2.75, 3.05) is 6.54 Å². The summed E-state index contributed by atoms with van der Waals surface area (Å²) < 4.78 is 0. The SMILES string of the molecule is C#CCNC1CC(O)C1. The van der Waals surface area contributed by atoms with E-state index in [4.69, 9.17) is 11.5 Å². The number of rotatable bonds is 2. The molecule has 50 valence electrons. The monoisotopic (exact) mass is 125 g/mol. The van der Waals surface area contributed by atoms with Crippen molar-refractivity contribution in [1.82, 2.24) is 5.32 Å². The van der Waals surface area contributed by atoms with Crippen molar-refractivity contribution in [2.24, 2.45) is 0 Å². The summed E-state index contributed by atoms with van der Waals surface area (Å²) >= 11 is 0. The molecule has 0 spiro atoms. The van der Waals surface area contributed by atoms with Gasteiger partial charge in [-0.15, -0.1) is 6.42 Å². The third kappa shape index (κ3) is 1.70. The largest absolute Gasteiger partial charge is 0.393 e. The summed E-state index contributed by atoms with van der Waals surface area (Å²) in [6, 6.07) is 0.469. The normalized spacial score (nSPS) is 32.9. The van der Waals surface area contributed by atoms with Crippen molar-refractivity contribution in [1.29, 1.82) is 0 Å². The summed E-state index contributed by atoms with van der Waals surface area (Å²) in [5, 5.41) is 11.9. The van der Waals surface area contributed by atoms with E-state index in [2.05, 4.69) is 11.2 Å². The lowest BCUT2D eigenvalue weighted by Crippen LogP contribution is -2.44. The molecule has 1 aliphatic carbocycles. The predicted octanol–water partition coefficient (Wildman–Crippen LogP) is -0.268. The lowest BCUT2D eigenvalue weighted by molar-refractivity contribution is 0.0643. The summed E-state index contributed by atoms with van der Waals surface area (Å²) in [6.07, 6.45) is 6.66. The lowest BCUT2D eigenvalue weighted by atomic mass is 9.90. The average molecular weight is 125 g/mol. The second-order valence-corrected chi connectivity index (χ2v) is 2.41. The van der Waals surface area contributed by atoms with Crippen LogP contribution in [0.1, 0.15) is 12.8 Å². The maximum Gasteiger partial charge on any atom is 0.0575 e. The molecule has 0 radical (unpaired) electrons. The molecule has 1 saturated carbocycles. The van der Waals surface area contributed by atoms with Crippen molar-refractivity contribution in [2.45, 2.75) is 25.0 Å². The summed E-state index contributed by atoms with van der Waals surface area (Å²) in [5.74, 6) is 2.49. The molecular weight excluding hydrogens is 114 g/mol. The van der Waals surface area contributed by atoms with Crippen LogP contribution in [0.4, 0.5) is 0 Å². The van der Waals surface area contributed by atoms with Crippen molar-refractivity contribution >= 4 is 0 Å². The second-order valence-electron chi connectivity index (χ2n) is 2.41. The summed E-state index contributed by atoms with van der Waals surface area (Å²) in [7, 11) is 0. The van der Waals surface area contributed by atoms with Crippen LogP contribution in [0.2, 0.25) is 0 Å². The highest BCUT2D eigenvalue weighted by molar-refractivity contribution is 4.92. The highest BCUT2D eigenvalue weighted by Gasteiger charge is 2.25. The van der Waals surface area contributed by atoms with Gasteiger partial charge in [0.05, 0.1) is 12.6 Å². The van der Waals surface area contributed by atoms with Crippen LogP contribution in [-0.4, -0.2) is 23.8 Å². The zero-order valence-corrected chi connectivity index (χ0v) is 5.30. The van der Waals surface area contributed by atoms with Gasteiger partial charge in [0.25, 0.3) is 0 Å². The predicted molar refractivity (Wildman–Crippen MR) is 35.9 cm³/mol. The Labute approximate surface area is 55.3 Å². The number of hydrogen-bond donors (Lipinski definition) is 2. The molecule has 0 aliphatic heterocycles. The number of aliphatic hydroxyl groups excluding tert-OH is 1. The van der Waals surface area contributed by atoms with Crippen LogP contribution in [0.5, 0.6) is 0 Å². The average Bonchev–Trinajstić information content (AvgIpc) is 1.78. The van der Waals surface area contributed by atoms with Crippen LogP contribution in [-0.2, 0) is 0 Å². The molecule has 0 aromatic rings. The van der Waals surface area contributed by atoms with Gasteiger partial charge in [0, 0.05) is 6.04 Å². The van der Waals surface area contributed by atoms with E-state index in [0.29, 0.717) is 12.6 Å². The number of aliphatic hydroxyl groups is 1. The van der Waals surface area contributed by atoms with Gasteiger partial charge in [0.1, 0.15) is 0 Å². The standard InChI is InChI=1S/C7H11NO/c1-2-3-8-6-4-7(9)5-6/h1,6-9H,3-5H2. The van der Waals surface area contributed by atoms with Crippen molar-refractivity contribution < 1.29 is 5.11 Å². The fourth-order valence-electron chi connectivity index (χ4n) is 0.958. The molecule has 0 unspecified atom stereocenters.